The summed E-state index contributed by atoms with van der Waals surface area (Å²) in [4.78, 5) is 0. The molecule has 0 fully saturated rings. The second kappa shape index (κ2) is 5.45. The molecule has 1 heteroatoms. The van der Waals surface area contributed by atoms with E-state index in [1.807, 2.05) is 54.6 Å². The van der Waals surface area contributed by atoms with E-state index in [1.54, 1.807) is 0 Å². The van der Waals surface area contributed by atoms with Crippen LogP contribution in [-0.2, 0) is 0 Å². The van der Waals surface area contributed by atoms with Crippen LogP contribution >= 0.6 is 0 Å². The van der Waals surface area contributed by atoms with E-state index in [-0.39, 0.29) is 0 Å². The van der Waals surface area contributed by atoms with Gasteiger partial charge in [-0.25, -0.2) is 0 Å². The van der Waals surface area contributed by atoms with Crippen LogP contribution in [0.4, 0.5) is 0 Å². The van der Waals surface area contributed by atoms with E-state index < -0.39 is 0 Å². The van der Waals surface area contributed by atoms with Crippen LogP contribution in [0.3, 0.4) is 0 Å². The summed E-state index contributed by atoms with van der Waals surface area (Å²) in [6.45, 7) is 0. The molecule has 0 aromatic heterocycles. The second-order valence-electron chi connectivity index (χ2n) is 3.33. The monoisotopic (exact) mass is 218 g/mol. The van der Waals surface area contributed by atoms with Crippen molar-refractivity contribution in [2.24, 2.45) is 0 Å². The van der Waals surface area contributed by atoms with E-state index in [0.29, 0.717) is 0 Å². The van der Waals surface area contributed by atoms with Crippen molar-refractivity contribution in [3.8, 4) is 35.7 Å². The van der Waals surface area contributed by atoms with E-state index in [1.165, 1.54) is 0 Å². The van der Waals surface area contributed by atoms with E-state index in [2.05, 4.69) is 17.8 Å². The molecular weight excluding hydrogens is 208 g/mol. The molecular formula is C16H10O. The van der Waals surface area contributed by atoms with Crippen molar-refractivity contribution >= 4 is 0 Å². The fourth-order valence-electron chi connectivity index (χ4n) is 1.34. The van der Waals surface area contributed by atoms with Gasteiger partial charge in [-0.3, -0.25) is 0 Å². The Kier molecular flexibility index (Phi) is 3.48. The zero-order valence-corrected chi connectivity index (χ0v) is 9.18. The van der Waals surface area contributed by atoms with E-state index >= 15 is 0 Å². The van der Waals surface area contributed by atoms with Gasteiger partial charge < -0.3 is 4.74 Å². The number of hydrogen-bond donors (Lipinski definition) is 0. The molecule has 1 nitrogen and oxygen atoms in total. The summed E-state index contributed by atoms with van der Waals surface area (Å²) in [6, 6.07) is 17.1. The van der Waals surface area contributed by atoms with E-state index in [0.717, 1.165) is 17.1 Å². The van der Waals surface area contributed by atoms with E-state index in [9.17, 15) is 0 Å². The summed E-state index contributed by atoms with van der Waals surface area (Å²) < 4.78 is 5.65. The van der Waals surface area contributed by atoms with Gasteiger partial charge >= 0.3 is 0 Å². The summed E-state index contributed by atoms with van der Waals surface area (Å²) in [6.07, 6.45) is 5.06. The fraction of sp³-hybridized carbons (Fsp3) is 0. The van der Waals surface area contributed by atoms with Crippen LogP contribution in [0.2, 0.25) is 0 Å². The summed E-state index contributed by atoms with van der Waals surface area (Å²) in [5, 5.41) is 0. The quantitative estimate of drug-likeness (QED) is 0.701. The van der Waals surface area contributed by atoms with Crippen molar-refractivity contribution in [1.29, 1.82) is 0 Å². The Balaban J connectivity index is 2.12. The maximum Gasteiger partial charge on any atom is 0.127 e. The number of para-hydroxylation sites is 1. The minimum Gasteiger partial charge on any atom is -0.457 e. The number of ether oxygens (including phenoxy) is 1. The van der Waals surface area contributed by atoms with E-state index in [4.69, 9.17) is 11.2 Å². The third kappa shape index (κ3) is 3.16. The first kappa shape index (κ1) is 10.9. The van der Waals surface area contributed by atoms with Crippen molar-refractivity contribution in [2.75, 3.05) is 0 Å². The van der Waals surface area contributed by atoms with Crippen molar-refractivity contribution in [1.82, 2.24) is 0 Å². The lowest BCUT2D eigenvalue weighted by atomic mass is 10.2. The van der Waals surface area contributed by atoms with Gasteiger partial charge in [-0.15, -0.1) is 6.42 Å². The maximum atomic E-state index is 5.65. The number of benzene rings is 2. The van der Waals surface area contributed by atoms with Crippen LogP contribution in [0.25, 0.3) is 0 Å². The van der Waals surface area contributed by atoms with Crippen LogP contribution in [0.1, 0.15) is 5.56 Å². The van der Waals surface area contributed by atoms with Gasteiger partial charge in [0.05, 0.1) is 0 Å². The second-order valence-corrected chi connectivity index (χ2v) is 3.33. The molecule has 0 amide bonds. The molecule has 0 aliphatic heterocycles. The van der Waals surface area contributed by atoms with Gasteiger partial charge in [0.25, 0.3) is 0 Å². The Morgan fingerprint density at radius 2 is 1.47 bits per heavy atom. The van der Waals surface area contributed by atoms with Crippen molar-refractivity contribution < 1.29 is 4.74 Å². The van der Waals surface area contributed by atoms with Gasteiger partial charge in [-0.2, -0.15) is 0 Å². The normalized spacial score (nSPS) is 8.65. The highest BCUT2D eigenvalue weighted by Crippen LogP contribution is 2.20. The molecule has 17 heavy (non-hydrogen) atoms. The molecule has 0 unspecified atom stereocenters. The summed E-state index contributed by atoms with van der Waals surface area (Å²) in [7, 11) is 0. The summed E-state index contributed by atoms with van der Waals surface area (Å²) in [5.74, 6) is 9.29. The SMILES string of the molecule is C#CC#Cc1ccc(Oc2ccccc2)cc1. The lowest BCUT2D eigenvalue weighted by Crippen LogP contribution is -1.83. The predicted octanol–water partition coefficient (Wildman–Crippen LogP) is 3.46. The Hall–Kier alpha value is -2.64. The number of terminal acetylenes is 1. The molecule has 0 spiro atoms. The standard InChI is InChI=1S/C16H10O/c1-2-3-7-14-10-12-16(13-11-14)17-15-8-5-4-6-9-15/h1,4-6,8-13H. The van der Waals surface area contributed by atoms with Crippen LogP contribution in [0, 0.1) is 24.2 Å². The highest BCUT2D eigenvalue weighted by molar-refractivity contribution is 5.42. The highest BCUT2D eigenvalue weighted by Gasteiger charge is 1.95. The van der Waals surface area contributed by atoms with Crippen molar-refractivity contribution in [3.63, 3.8) is 0 Å². The van der Waals surface area contributed by atoms with Gasteiger partial charge in [-0.05, 0) is 48.2 Å². The smallest absolute Gasteiger partial charge is 0.127 e. The Morgan fingerprint density at radius 1 is 0.824 bits per heavy atom. The first-order chi connectivity index (χ1) is 8.38. The molecule has 2 rings (SSSR count). The molecule has 2 aromatic rings. The first-order valence-electron chi connectivity index (χ1n) is 5.18. The molecule has 2 aromatic carbocycles. The fourth-order valence-corrected chi connectivity index (χ4v) is 1.34. The molecule has 0 bridgehead atoms. The Morgan fingerprint density at radius 3 is 2.12 bits per heavy atom. The third-order valence-electron chi connectivity index (χ3n) is 2.11. The zero-order valence-electron chi connectivity index (χ0n) is 9.18. The highest BCUT2D eigenvalue weighted by atomic mass is 16.5. The summed E-state index contributed by atoms with van der Waals surface area (Å²) in [5.41, 5.74) is 0.878. The molecule has 0 aliphatic carbocycles. The summed E-state index contributed by atoms with van der Waals surface area (Å²) >= 11 is 0. The lowest BCUT2D eigenvalue weighted by molar-refractivity contribution is 0.482. The van der Waals surface area contributed by atoms with Crippen LogP contribution in [-0.4, -0.2) is 0 Å². The van der Waals surface area contributed by atoms with Crippen LogP contribution in [0.5, 0.6) is 11.5 Å². The van der Waals surface area contributed by atoms with Crippen LogP contribution < -0.4 is 4.74 Å². The Labute approximate surface area is 101 Å². The van der Waals surface area contributed by atoms with Gasteiger partial charge in [0, 0.05) is 5.56 Å². The molecule has 0 saturated heterocycles. The van der Waals surface area contributed by atoms with Gasteiger partial charge in [-0.1, -0.05) is 24.1 Å². The molecule has 0 atom stereocenters. The van der Waals surface area contributed by atoms with Crippen molar-refractivity contribution in [3.05, 3.63) is 60.2 Å². The maximum absolute atomic E-state index is 5.65. The molecule has 0 N–H and O–H groups in total. The molecule has 0 saturated carbocycles. The van der Waals surface area contributed by atoms with Crippen molar-refractivity contribution in [2.45, 2.75) is 0 Å². The lowest BCUT2D eigenvalue weighted by Gasteiger charge is -2.04. The molecule has 0 radical (unpaired) electrons. The van der Waals surface area contributed by atoms with Gasteiger partial charge in [0.15, 0.2) is 0 Å². The van der Waals surface area contributed by atoms with Gasteiger partial charge in [0.2, 0.25) is 0 Å². The molecule has 0 aliphatic rings. The minimum absolute atomic E-state index is 0.780. The topological polar surface area (TPSA) is 9.23 Å². The number of rotatable bonds is 2. The minimum atomic E-state index is 0.780. The zero-order chi connectivity index (χ0) is 11.9. The molecule has 80 valence electrons. The predicted molar refractivity (Wildman–Crippen MR) is 68.7 cm³/mol. The van der Waals surface area contributed by atoms with Gasteiger partial charge in [0.1, 0.15) is 11.5 Å². The number of hydrogen-bond acceptors (Lipinski definition) is 1. The van der Waals surface area contributed by atoms with Crippen LogP contribution in [0.15, 0.2) is 54.6 Å². The average Bonchev–Trinajstić information content (AvgIpc) is 2.39. The Bertz CT molecular complexity index is 577. The average molecular weight is 218 g/mol. The third-order valence-corrected chi connectivity index (χ3v) is 2.11. The molecule has 0 heterocycles. The first-order valence-corrected chi connectivity index (χ1v) is 5.18. The largest absolute Gasteiger partial charge is 0.457 e.